The van der Waals surface area contributed by atoms with Gasteiger partial charge in [0.25, 0.3) is 0 Å². The predicted molar refractivity (Wildman–Crippen MR) is 56.5 cm³/mol. The highest BCUT2D eigenvalue weighted by atomic mass is 15.1. The number of hydrogen-bond acceptors (Lipinski definition) is 2. The number of nitrogens with zero attached hydrogens (tertiary/aromatic N) is 2. The smallest absolute Gasteiger partial charge is 0.103 e. The van der Waals surface area contributed by atoms with Crippen LogP contribution in [-0.2, 0) is 0 Å². The van der Waals surface area contributed by atoms with Gasteiger partial charge in [0.2, 0.25) is 0 Å². The van der Waals surface area contributed by atoms with Crippen molar-refractivity contribution in [1.29, 1.82) is 5.26 Å². The molecule has 3 rings (SSSR count). The number of hydrogen-bond donors (Lipinski definition) is 1. The molecule has 2 aliphatic carbocycles. The first-order valence-corrected chi connectivity index (χ1v) is 5.88. The van der Waals surface area contributed by atoms with Gasteiger partial charge in [-0.15, -0.1) is 0 Å². The molecule has 0 aromatic carbocycles. The Bertz CT molecular complexity index is 403. The SMILES string of the molecule is N#Cc1c(C2CCCC2)n[nH]c1C1CC1. The van der Waals surface area contributed by atoms with Crippen molar-refractivity contribution in [3.05, 3.63) is 17.0 Å². The van der Waals surface area contributed by atoms with Gasteiger partial charge in [-0.1, -0.05) is 12.8 Å². The third-order valence-corrected chi connectivity index (χ3v) is 3.66. The summed E-state index contributed by atoms with van der Waals surface area (Å²) in [6, 6.07) is 2.35. The number of nitriles is 1. The molecule has 1 heterocycles. The molecule has 0 saturated heterocycles. The summed E-state index contributed by atoms with van der Waals surface area (Å²) in [6.45, 7) is 0. The van der Waals surface area contributed by atoms with Gasteiger partial charge in [-0.3, -0.25) is 5.10 Å². The highest BCUT2D eigenvalue weighted by molar-refractivity contribution is 5.42. The van der Waals surface area contributed by atoms with Crippen molar-refractivity contribution in [2.24, 2.45) is 0 Å². The van der Waals surface area contributed by atoms with Gasteiger partial charge in [-0.05, 0) is 25.7 Å². The Kier molecular flexibility index (Phi) is 2.02. The maximum atomic E-state index is 9.22. The lowest BCUT2D eigenvalue weighted by Crippen LogP contribution is -1.96. The molecule has 2 aliphatic rings. The van der Waals surface area contributed by atoms with Crippen LogP contribution in [0.15, 0.2) is 0 Å². The Balaban J connectivity index is 1.96. The molecule has 2 saturated carbocycles. The van der Waals surface area contributed by atoms with E-state index in [0.29, 0.717) is 11.8 Å². The highest BCUT2D eigenvalue weighted by Gasteiger charge is 2.32. The summed E-state index contributed by atoms with van der Waals surface area (Å²) in [5, 5.41) is 16.7. The lowest BCUT2D eigenvalue weighted by atomic mass is 9.98. The van der Waals surface area contributed by atoms with Gasteiger partial charge in [-0.25, -0.2) is 0 Å². The molecule has 0 bridgehead atoms. The Labute approximate surface area is 89.5 Å². The van der Waals surface area contributed by atoms with Crippen molar-refractivity contribution in [2.45, 2.75) is 50.4 Å². The zero-order valence-corrected chi connectivity index (χ0v) is 8.79. The fourth-order valence-corrected chi connectivity index (χ4v) is 2.65. The Hall–Kier alpha value is -1.30. The molecule has 2 fully saturated rings. The van der Waals surface area contributed by atoms with Gasteiger partial charge in [0, 0.05) is 11.8 Å². The van der Waals surface area contributed by atoms with Crippen LogP contribution >= 0.6 is 0 Å². The van der Waals surface area contributed by atoms with Gasteiger partial charge in [-0.2, -0.15) is 10.4 Å². The monoisotopic (exact) mass is 201 g/mol. The molecule has 1 aromatic heterocycles. The summed E-state index contributed by atoms with van der Waals surface area (Å²) >= 11 is 0. The van der Waals surface area contributed by atoms with Crippen molar-refractivity contribution in [3.8, 4) is 6.07 Å². The molecule has 15 heavy (non-hydrogen) atoms. The fraction of sp³-hybridized carbons (Fsp3) is 0.667. The van der Waals surface area contributed by atoms with Crippen molar-refractivity contribution in [2.75, 3.05) is 0 Å². The molecule has 3 heteroatoms. The molecule has 0 unspecified atom stereocenters. The van der Waals surface area contributed by atoms with Crippen LogP contribution in [0.4, 0.5) is 0 Å². The maximum absolute atomic E-state index is 9.22. The first-order valence-electron chi connectivity index (χ1n) is 5.88. The molecule has 78 valence electrons. The van der Waals surface area contributed by atoms with E-state index in [2.05, 4.69) is 16.3 Å². The highest BCUT2D eigenvalue weighted by Crippen LogP contribution is 2.43. The number of nitrogens with one attached hydrogen (secondary N) is 1. The minimum Gasteiger partial charge on any atom is -0.281 e. The molecule has 1 aromatic rings. The summed E-state index contributed by atoms with van der Waals surface area (Å²) in [5.74, 6) is 1.14. The summed E-state index contributed by atoms with van der Waals surface area (Å²) in [6.07, 6.45) is 7.46. The van der Waals surface area contributed by atoms with E-state index in [1.54, 1.807) is 0 Å². The van der Waals surface area contributed by atoms with Crippen LogP contribution in [0.1, 0.15) is 67.3 Å². The van der Waals surface area contributed by atoms with E-state index >= 15 is 0 Å². The molecule has 0 radical (unpaired) electrons. The Morgan fingerprint density at radius 3 is 2.47 bits per heavy atom. The average molecular weight is 201 g/mol. The molecule has 1 N–H and O–H groups in total. The normalized spacial score (nSPS) is 21.8. The third-order valence-electron chi connectivity index (χ3n) is 3.66. The first-order chi connectivity index (χ1) is 7.40. The van der Waals surface area contributed by atoms with Crippen LogP contribution in [0.2, 0.25) is 0 Å². The van der Waals surface area contributed by atoms with E-state index in [1.807, 2.05) is 0 Å². The van der Waals surface area contributed by atoms with Crippen LogP contribution in [0.3, 0.4) is 0 Å². The number of aromatic nitrogens is 2. The number of rotatable bonds is 2. The second-order valence-corrected chi connectivity index (χ2v) is 4.76. The van der Waals surface area contributed by atoms with Crippen molar-refractivity contribution in [3.63, 3.8) is 0 Å². The second kappa shape index (κ2) is 3.37. The lowest BCUT2D eigenvalue weighted by molar-refractivity contribution is 0.691. The zero-order chi connectivity index (χ0) is 10.3. The summed E-state index contributed by atoms with van der Waals surface area (Å²) < 4.78 is 0. The van der Waals surface area contributed by atoms with Crippen molar-refractivity contribution >= 4 is 0 Å². The lowest BCUT2D eigenvalue weighted by Gasteiger charge is -2.04. The predicted octanol–water partition coefficient (Wildman–Crippen LogP) is 2.82. The average Bonchev–Trinajstić information content (AvgIpc) is 2.83. The van der Waals surface area contributed by atoms with Crippen LogP contribution in [0, 0.1) is 11.3 Å². The Morgan fingerprint density at radius 1 is 1.13 bits per heavy atom. The first kappa shape index (κ1) is 8.96. The number of H-pyrrole nitrogens is 1. The third kappa shape index (κ3) is 1.45. The van der Waals surface area contributed by atoms with E-state index in [9.17, 15) is 5.26 Å². The quantitative estimate of drug-likeness (QED) is 0.799. The fourth-order valence-electron chi connectivity index (χ4n) is 2.65. The summed E-state index contributed by atoms with van der Waals surface area (Å²) in [4.78, 5) is 0. The minimum atomic E-state index is 0.545. The zero-order valence-electron chi connectivity index (χ0n) is 8.79. The van der Waals surface area contributed by atoms with E-state index in [-0.39, 0.29) is 0 Å². The molecule has 0 atom stereocenters. The topological polar surface area (TPSA) is 52.5 Å². The van der Waals surface area contributed by atoms with Gasteiger partial charge in [0.05, 0.1) is 17.0 Å². The van der Waals surface area contributed by atoms with E-state index in [4.69, 9.17) is 0 Å². The molecular formula is C12H15N3. The van der Waals surface area contributed by atoms with Gasteiger partial charge >= 0.3 is 0 Å². The van der Waals surface area contributed by atoms with Crippen LogP contribution < -0.4 is 0 Å². The van der Waals surface area contributed by atoms with Crippen LogP contribution in [0.5, 0.6) is 0 Å². The van der Waals surface area contributed by atoms with Gasteiger partial charge < -0.3 is 0 Å². The van der Waals surface area contributed by atoms with Crippen molar-refractivity contribution in [1.82, 2.24) is 10.2 Å². The van der Waals surface area contributed by atoms with E-state index in [1.165, 1.54) is 38.5 Å². The van der Waals surface area contributed by atoms with Crippen LogP contribution in [0.25, 0.3) is 0 Å². The molecule has 0 amide bonds. The van der Waals surface area contributed by atoms with Gasteiger partial charge in [0.15, 0.2) is 0 Å². The summed E-state index contributed by atoms with van der Waals surface area (Å²) in [7, 11) is 0. The van der Waals surface area contributed by atoms with Crippen molar-refractivity contribution < 1.29 is 0 Å². The minimum absolute atomic E-state index is 0.545. The van der Waals surface area contributed by atoms with E-state index in [0.717, 1.165) is 17.0 Å². The molecule has 0 aliphatic heterocycles. The largest absolute Gasteiger partial charge is 0.281 e. The molecular weight excluding hydrogens is 186 g/mol. The standard InChI is InChI=1S/C12H15N3/c13-7-10-11(8-3-1-2-4-8)14-15-12(10)9-5-6-9/h8-9H,1-6H2,(H,14,15). The maximum Gasteiger partial charge on any atom is 0.103 e. The number of aromatic amines is 1. The Morgan fingerprint density at radius 2 is 1.87 bits per heavy atom. The molecule has 3 nitrogen and oxygen atoms in total. The van der Waals surface area contributed by atoms with E-state index < -0.39 is 0 Å². The summed E-state index contributed by atoms with van der Waals surface area (Å²) in [5.41, 5.74) is 3.03. The molecule has 0 spiro atoms. The second-order valence-electron chi connectivity index (χ2n) is 4.76. The van der Waals surface area contributed by atoms with Crippen LogP contribution in [-0.4, -0.2) is 10.2 Å². The van der Waals surface area contributed by atoms with Gasteiger partial charge in [0.1, 0.15) is 6.07 Å².